The lowest BCUT2D eigenvalue weighted by molar-refractivity contribution is 0.103. The zero-order valence-electron chi connectivity index (χ0n) is 16.8. The maximum absolute atomic E-state index is 13.4. The molecule has 0 bridgehead atoms. The van der Waals surface area contributed by atoms with Gasteiger partial charge in [-0.3, -0.25) is 14.2 Å². The van der Waals surface area contributed by atoms with Crippen LogP contribution in [0.5, 0.6) is 5.88 Å². The molecule has 7 heteroatoms. The maximum atomic E-state index is 13.4. The summed E-state index contributed by atoms with van der Waals surface area (Å²) in [4.78, 5) is 26.6. The highest BCUT2D eigenvalue weighted by Gasteiger charge is 2.28. The SMILES string of the molecule is Cc1ccc(Cn2c(O)c(C(=O)c3sc4ccccc4c3Cl)c(C)c(C#N)c2=O)cc1. The highest BCUT2D eigenvalue weighted by Crippen LogP contribution is 2.38. The molecule has 0 aliphatic heterocycles. The van der Waals surface area contributed by atoms with Crippen molar-refractivity contribution in [1.29, 1.82) is 5.26 Å². The molecule has 0 unspecified atom stereocenters. The number of rotatable bonds is 4. The number of benzene rings is 2. The number of halogens is 1. The van der Waals surface area contributed by atoms with Crippen LogP contribution in [-0.2, 0) is 6.54 Å². The second-order valence-corrected chi connectivity index (χ2v) is 8.69. The van der Waals surface area contributed by atoms with Gasteiger partial charge in [0.1, 0.15) is 11.6 Å². The van der Waals surface area contributed by atoms with Crippen LogP contribution in [0, 0.1) is 25.2 Å². The Morgan fingerprint density at radius 1 is 1.16 bits per heavy atom. The number of nitriles is 1. The molecule has 0 saturated carbocycles. The van der Waals surface area contributed by atoms with Gasteiger partial charge in [-0.1, -0.05) is 59.6 Å². The van der Waals surface area contributed by atoms with Crippen LogP contribution < -0.4 is 5.56 Å². The van der Waals surface area contributed by atoms with Gasteiger partial charge < -0.3 is 5.11 Å². The number of fused-ring (bicyclic) bond motifs is 1. The van der Waals surface area contributed by atoms with E-state index in [4.69, 9.17) is 11.6 Å². The molecule has 0 radical (unpaired) electrons. The van der Waals surface area contributed by atoms with Crippen LogP contribution in [0.4, 0.5) is 0 Å². The first-order chi connectivity index (χ1) is 14.8. The highest BCUT2D eigenvalue weighted by atomic mass is 35.5. The normalized spacial score (nSPS) is 10.9. The molecule has 5 nitrogen and oxygen atoms in total. The Labute approximate surface area is 187 Å². The van der Waals surface area contributed by atoms with Crippen molar-refractivity contribution in [3.05, 3.63) is 96.6 Å². The largest absolute Gasteiger partial charge is 0.494 e. The standard InChI is InChI=1S/C24H17ClN2O3S/c1-13-7-9-15(10-8-13)12-27-23(29)17(11-26)14(2)19(24(27)30)21(28)22-20(25)16-5-3-4-6-18(16)31-22/h3-10,30H,12H2,1-2H3. The number of hydrogen-bond acceptors (Lipinski definition) is 5. The molecule has 0 spiro atoms. The Bertz CT molecular complexity index is 1440. The van der Waals surface area contributed by atoms with Gasteiger partial charge in [0.05, 0.1) is 22.0 Å². The number of carbonyl (C=O) groups is 1. The summed E-state index contributed by atoms with van der Waals surface area (Å²) in [5.41, 5.74) is 1.05. The molecule has 2 aromatic heterocycles. The van der Waals surface area contributed by atoms with Gasteiger partial charge in [0, 0.05) is 10.1 Å². The molecule has 1 N–H and O–H groups in total. The average molecular weight is 449 g/mol. The molecular formula is C24H17ClN2O3S. The van der Waals surface area contributed by atoms with Gasteiger partial charge in [-0.05, 0) is 31.0 Å². The van der Waals surface area contributed by atoms with Crippen molar-refractivity contribution < 1.29 is 9.90 Å². The van der Waals surface area contributed by atoms with E-state index in [1.54, 1.807) is 0 Å². The lowest BCUT2D eigenvalue weighted by Gasteiger charge is -2.15. The molecule has 154 valence electrons. The first kappa shape index (κ1) is 20.9. The number of carbonyl (C=O) groups excluding carboxylic acids is 1. The molecule has 31 heavy (non-hydrogen) atoms. The average Bonchev–Trinajstić information content (AvgIpc) is 3.09. The van der Waals surface area contributed by atoms with Crippen molar-refractivity contribution in [3.63, 3.8) is 0 Å². The zero-order valence-corrected chi connectivity index (χ0v) is 18.3. The van der Waals surface area contributed by atoms with Gasteiger partial charge >= 0.3 is 0 Å². The molecule has 0 aliphatic carbocycles. The van der Waals surface area contributed by atoms with Crippen LogP contribution in [-0.4, -0.2) is 15.5 Å². The fourth-order valence-corrected chi connectivity index (χ4v) is 4.98. The van der Waals surface area contributed by atoms with Gasteiger partial charge in [-0.2, -0.15) is 5.26 Å². The van der Waals surface area contributed by atoms with Gasteiger partial charge in [0.2, 0.25) is 11.7 Å². The predicted octanol–water partition coefficient (Wildman–Crippen LogP) is 5.19. The van der Waals surface area contributed by atoms with E-state index in [1.165, 1.54) is 18.3 Å². The first-order valence-electron chi connectivity index (χ1n) is 9.47. The molecular weight excluding hydrogens is 432 g/mol. The van der Waals surface area contributed by atoms with Crippen molar-refractivity contribution in [3.8, 4) is 11.9 Å². The fraction of sp³-hybridized carbons (Fsp3) is 0.125. The van der Waals surface area contributed by atoms with Crippen LogP contribution in [0.25, 0.3) is 10.1 Å². The topological polar surface area (TPSA) is 83.1 Å². The summed E-state index contributed by atoms with van der Waals surface area (Å²) in [5, 5.41) is 21.6. The van der Waals surface area contributed by atoms with Crippen molar-refractivity contribution in [2.45, 2.75) is 20.4 Å². The predicted molar refractivity (Wildman–Crippen MR) is 122 cm³/mol. The third-order valence-electron chi connectivity index (χ3n) is 5.23. The second kappa shape index (κ2) is 8.03. The molecule has 0 atom stereocenters. The van der Waals surface area contributed by atoms with Crippen molar-refractivity contribution >= 4 is 38.8 Å². The van der Waals surface area contributed by atoms with Crippen LogP contribution in [0.2, 0.25) is 5.02 Å². The van der Waals surface area contributed by atoms with Crippen LogP contribution in [0.15, 0.2) is 53.3 Å². The number of aromatic nitrogens is 1. The van der Waals surface area contributed by atoms with Crippen LogP contribution in [0.3, 0.4) is 0 Å². The number of ketones is 1. The Balaban J connectivity index is 1.92. The van der Waals surface area contributed by atoms with Crippen molar-refractivity contribution in [2.75, 3.05) is 0 Å². The van der Waals surface area contributed by atoms with E-state index >= 15 is 0 Å². The van der Waals surface area contributed by atoms with E-state index in [0.29, 0.717) is 5.02 Å². The smallest absolute Gasteiger partial charge is 0.271 e. The van der Waals surface area contributed by atoms with Crippen LogP contribution >= 0.6 is 22.9 Å². The molecule has 0 amide bonds. The first-order valence-corrected chi connectivity index (χ1v) is 10.7. The number of aromatic hydroxyl groups is 1. The number of nitrogens with zero attached hydrogens (tertiary/aromatic N) is 2. The minimum absolute atomic E-state index is 0.0281. The molecule has 2 aromatic carbocycles. The quantitative estimate of drug-likeness (QED) is 0.435. The Hall–Kier alpha value is -3.40. The number of pyridine rings is 1. The second-order valence-electron chi connectivity index (χ2n) is 7.26. The fourth-order valence-electron chi connectivity index (χ4n) is 3.52. The summed E-state index contributed by atoms with van der Waals surface area (Å²) in [5.74, 6) is -0.990. The number of aryl methyl sites for hydroxylation is 1. The lowest BCUT2D eigenvalue weighted by Crippen LogP contribution is -2.27. The highest BCUT2D eigenvalue weighted by molar-refractivity contribution is 7.21. The molecule has 0 fully saturated rings. The zero-order chi connectivity index (χ0) is 22.3. The van der Waals surface area contributed by atoms with E-state index in [-0.39, 0.29) is 28.1 Å². The van der Waals surface area contributed by atoms with E-state index < -0.39 is 17.2 Å². The Morgan fingerprint density at radius 3 is 2.48 bits per heavy atom. The summed E-state index contributed by atoms with van der Waals surface area (Å²) >= 11 is 7.68. The van der Waals surface area contributed by atoms with Crippen molar-refractivity contribution in [1.82, 2.24) is 4.57 Å². The number of thiophene rings is 1. The third-order valence-corrected chi connectivity index (χ3v) is 6.90. The molecule has 4 rings (SSSR count). The van der Waals surface area contributed by atoms with Gasteiger partial charge in [-0.25, -0.2) is 0 Å². The summed E-state index contributed by atoms with van der Waals surface area (Å²) in [6, 6.07) is 16.7. The molecule has 4 aromatic rings. The van der Waals surface area contributed by atoms with Gasteiger partial charge in [0.25, 0.3) is 5.56 Å². The summed E-state index contributed by atoms with van der Waals surface area (Å²) in [6.45, 7) is 3.46. The Kier molecular flexibility index (Phi) is 5.40. The Morgan fingerprint density at radius 2 is 1.84 bits per heavy atom. The minimum atomic E-state index is -0.642. The summed E-state index contributed by atoms with van der Waals surface area (Å²) in [7, 11) is 0. The van der Waals surface area contributed by atoms with E-state index in [9.17, 15) is 20.0 Å². The summed E-state index contributed by atoms with van der Waals surface area (Å²) < 4.78 is 1.89. The lowest BCUT2D eigenvalue weighted by atomic mass is 10.00. The maximum Gasteiger partial charge on any atom is 0.271 e. The van der Waals surface area contributed by atoms with E-state index in [1.807, 2.05) is 61.5 Å². The third kappa shape index (κ3) is 3.52. The van der Waals surface area contributed by atoms with Gasteiger partial charge in [0.15, 0.2) is 0 Å². The van der Waals surface area contributed by atoms with Crippen molar-refractivity contribution in [2.24, 2.45) is 0 Å². The summed E-state index contributed by atoms with van der Waals surface area (Å²) in [6.07, 6.45) is 0. The molecule has 2 heterocycles. The molecule has 0 aliphatic rings. The monoisotopic (exact) mass is 448 g/mol. The minimum Gasteiger partial charge on any atom is -0.494 e. The van der Waals surface area contributed by atoms with Gasteiger partial charge in [-0.15, -0.1) is 11.3 Å². The number of hydrogen-bond donors (Lipinski definition) is 1. The van der Waals surface area contributed by atoms with E-state index in [2.05, 4.69) is 0 Å². The van der Waals surface area contributed by atoms with E-state index in [0.717, 1.165) is 25.8 Å². The van der Waals surface area contributed by atoms with Crippen LogP contribution in [0.1, 0.15) is 37.5 Å². The molecule has 0 saturated heterocycles.